The Balaban J connectivity index is 1.75. The summed E-state index contributed by atoms with van der Waals surface area (Å²) in [6, 6.07) is 26.8. The monoisotopic (exact) mass is 467 g/mol. The van der Waals surface area contributed by atoms with Crippen LogP contribution in [0.2, 0.25) is 0 Å². The number of benzene rings is 3. The van der Waals surface area contributed by atoms with Crippen molar-refractivity contribution < 1.29 is 9.90 Å². The molecule has 0 radical (unpaired) electrons. The molecule has 0 bridgehead atoms. The molecule has 4 rings (SSSR count). The van der Waals surface area contributed by atoms with Crippen LogP contribution in [-0.4, -0.2) is 33.9 Å². The van der Waals surface area contributed by atoms with E-state index in [0.717, 1.165) is 39.5 Å². The number of aromatic nitrogens is 2. The van der Waals surface area contributed by atoms with Gasteiger partial charge in [-0.15, -0.1) is 0 Å². The zero-order valence-electron chi connectivity index (χ0n) is 21.1. The molecular formula is C30H33N3O2. The highest BCUT2D eigenvalue weighted by atomic mass is 16.4. The van der Waals surface area contributed by atoms with Gasteiger partial charge in [-0.25, -0.2) is 4.68 Å². The third-order valence-electron chi connectivity index (χ3n) is 6.54. The second-order valence-corrected chi connectivity index (χ2v) is 9.53. The fourth-order valence-corrected chi connectivity index (χ4v) is 4.23. The Bertz CT molecular complexity index is 1300. The average Bonchev–Trinajstić information content (AvgIpc) is 3.26. The maximum Gasteiger partial charge on any atom is 0.311 e. The predicted octanol–water partition coefficient (Wildman–Crippen LogP) is 6.41. The van der Waals surface area contributed by atoms with Gasteiger partial charge in [0.05, 0.1) is 23.0 Å². The number of carboxylic acids is 1. The molecule has 1 aromatic heterocycles. The van der Waals surface area contributed by atoms with Gasteiger partial charge >= 0.3 is 5.97 Å². The molecule has 1 N–H and O–H groups in total. The van der Waals surface area contributed by atoms with E-state index in [1.165, 1.54) is 5.56 Å². The summed E-state index contributed by atoms with van der Waals surface area (Å²) in [5.41, 5.74) is 7.84. The highest BCUT2D eigenvalue weighted by Crippen LogP contribution is 2.29. The third kappa shape index (κ3) is 5.46. The number of anilines is 1. The van der Waals surface area contributed by atoms with Crippen LogP contribution in [-0.2, 0) is 11.2 Å². The molecule has 0 saturated carbocycles. The lowest BCUT2D eigenvalue weighted by atomic mass is 9.93. The van der Waals surface area contributed by atoms with Crippen LogP contribution >= 0.6 is 0 Å². The Morgan fingerprint density at radius 2 is 1.63 bits per heavy atom. The van der Waals surface area contributed by atoms with Crippen molar-refractivity contribution in [3.63, 3.8) is 0 Å². The number of aliphatic carboxylic acids is 1. The number of carboxylic acid groups (broad SMARTS) is 1. The summed E-state index contributed by atoms with van der Waals surface area (Å²) in [6.45, 7) is 8.37. The standard InChI is InChI=1S/C30H33N3O2/c1-20(2)32(5)26-15-11-23(12-16-26)29-19-25(31-33(29)27-13-9-21(3)10-14-27)18-28(30(34)35)24-8-6-7-22(4)17-24/h6-17,19-20,28H,18H2,1-5H3,(H,34,35). The molecule has 0 fully saturated rings. The summed E-state index contributed by atoms with van der Waals surface area (Å²) in [6.07, 6.45) is 0.318. The van der Waals surface area contributed by atoms with E-state index < -0.39 is 11.9 Å². The smallest absolute Gasteiger partial charge is 0.311 e. The van der Waals surface area contributed by atoms with Crippen molar-refractivity contribution >= 4 is 11.7 Å². The highest BCUT2D eigenvalue weighted by molar-refractivity contribution is 5.76. The van der Waals surface area contributed by atoms with Gasteiger partial charge in [-0.2, -0.15) is 5.10 Å². The van der Waals surface area contributed by atoms with Crippen LogP contribution < -0.4 is 4.90 Å². The largest absolute Gasteiger partial charge is 0.481 e. The van der Waals surface area contributed by atoms with Crippen molar-refractivity contribution in [3.8, 4) is 16.9 Å². The molecule has 5 nitrogen and oxygen atoms in total. The molecule has 0 spiro atoms. The van der Waals surface area contributed by atoms with E-state index in [9.17, 15) is 9.90 Å². The van der Waals surface area contributed by atoms with E-state index in [4.69, 9.17) is 5.10 Å². The Kier molecular flexibility index (Phi) is 7.06. The average molecular weight is 468 g/mol. The number of carbonyl (C=O) groups is 1. The SMILES string of the molecule is Cc1ccc(-n2nc(CC(C(=O)O)c3cccc(C)c3)cc2-c2ccc(N(C)C(C)C)cc2)cc1. The molecule has 0 aliphatic carbocycles. The lowest BCUT2D eigenvalue weighted by molar-refractivity contribution is -0.138. The maximum atomic E-state index is 12.2. The van der Waals surface area contributed by atoms with Gasteiger partial charge in [0.15, 0.2) is 0 Å². The molecular weight excluding hydrogens is 434 g/mol. The zero-order chi connectivity index (χ0) is 25.1. The molecule has 4 aromatic rings. The van der Waals surface area contributed by atoms with Crippen LogP contribution in [0.3, 0.4) is 0 Å². The first-order chi connectivity index (χ1) is 16.7. The van der Waals surface area contributed by atoms with Crippen LogP contribution in [0.4, 0.5) is 5.69 Å². The second kappa shape index (κ2) is 10.2. The van der Waals surface area contributed by atoms with Crippen molar-refractivity contribution in [1.29, 1.82) is 0 Å². The minimum atomic E-state index is -0.844. The van der Waals surface area contributed by atoms with Crippen LogP contribution in [0, 0.1) is 13.8 Å². The molecule has 0 aliphatic heterocycles. The van der Waals surface area contributed by atoms with Gasteiger partial charge in [-0.3, -0.25) is 4.79 Å². The Morgan fingerprint density at radius 3 is 2.23 bits per heavy atom. The number of hydrogen-bond acceptors (Lipinski definition) is 3. The number of aryl methyl sites for hydroxylation is 2. The van der Waals surface area contributed by atoms with Gasteiger partial charge < -0.3 is 10.0 Å². The third-order valence-corrected chi connectivity index (χ3v) is 6.54. The van der Waals surface area contributed by atoms with Crippen LogP contribution in [0.1, 0.15) is 42.1 Å². The summed E-state index contributed by atoms with van der Waals surface area (Å²) in [7, 11) is 2.09. The van der Waals surface area contributed by atoms with Gasteiger partial charge in [-0.1, -0.05) is 59.7 Å². The fraction of sp³-hybridized carbons (Fsp3) is 0.267. The normalized spacial score (nSPS) is 12.1. The predicted molar refractivity (Wildman–Crippen MR) is 143 cm³/mol. The number of hydrogen-bond donors (Lipinski definition) is 1. The number of nitrogens with zero attached hydrogens (tertiary/aromatic N) is 3. The molecule has 1 unspecified atom stereocenters. The van der Waals surface area contributed by atoms with Crippen LogP contribution in [0.25, 0.3) is 16.9 Å². The summed E-state index contributed by atoms with van der Waals surface area (Å²) >= 11 is 0. The molecule has 0 saturated heterocycles. The molecule has 5 heteroatoms. The van der Waals surface area contributed by atoms with Gasteiger partial charge in [-0.05, 0) is 63.6 Å². The lowest BCUT2D eigenvalue weighted by Gasteiger charge is -2.23. The lowest BCUT2D eigenvalue weighted by Crippen LogP contribution is -2.25. The summed E-state index contributed by atoms with van der Waals surface area (Å²) < 4.78 is 1.92. The molecule has 35 heavy (non-hydrogen) atoms. The molecule has 1 atom stereocenters. The van der Waals surface area contributed by atoms with Crippen LogP contribution in [0.5, 0.6) is 0 Å². The maximum absolute atomic E-state index is 12.2. The van der Waals surface area contributed by atoms with Crippen molar-refractivity contribution in [1.82, 2.24) is 9.78 Å². The Hall–Kier alpha value is -3.86. The first kappa shape index (κ1) is 24.3. The van der Waals surface area contributed by atoms with Gasteiger partial charge in [0.25, 0.3) is 0 Å². The molecule has 1 heterocycles. The van der Waals surface area contributed by atoms with Crippen molar-refractivity contribution in [3.05, 3.63) is 101 Å². The van der Waals surface area contributed by atoms with E-state index >= 15 is 0 Å². The van der Waals surface area contributed by atoms with Crippen molar-refractivity contribution in [2.45, 2.75) is 46.1 Å². The zero-order valence-corrected chi connectivity index (χ0v) is 21.1. The van der Waals surface area contributed by atoms with E-state index in [1.54, 1.807) is 0 Å². The molecule has 0 aliphatic rings. The summed E-state index contributed by atoms with van der Waals surface area (Å²) in [5.74, 6) is -1.51. The van der Waals surface area contributed by atoms with Crippen molar-refractivity contribution in [2.75, 3.05) is 11.9 Å². The Labute approximate surface area is 207 Å². The van der Waals surface area contributed by atoms with E-state index in [2.05, 4.69) is 69.1 Å². The second-order valence-electron chi connectivity index (χ2n) is 9.53. The summed E-state index contributed by atoms with van der Waals surface area (Å²) in [5, 5.41) is 14.9. The van der Waals surface area contributed by atoms with Gasteiger partial charge in [0.2, 0.25) is 0 Å². The Morgan fingerprint density at radius 1 is 0.943 bits per heavy atom. The van der Waals surface area contributed by atoms with E-state index in [1.807, 2.05) is 54.1 Å². The summed E-state index contributed by atoms with van der Waals surface area (Å²) in [4.78, 5) is 14.4. The topological polar surface area (TPSA) is 58.4 Å². The quantitative estimate of drug-likeness (QED) is 0.325. The van der Waals surface area contributed by atoms with Gasteiger partial charge in [0.1, 0.15) is 0 Å². The van der Waals surface area contributed by atoms with Crippen molar-refractivity contribution in [2.24, 2.45) is 0 Å². The minimum absolute atomic E-state index is 0.318. The van der Waals surface area contributed by atoms with E-state index in [-0.39, 0.29) is 0 Å². The highest BCUT2D eigenvalue weighted by Gasteiger charge is 2.23. The first-order valence-corrected chi connectivity index (χ1v) is 12.0. The molecule has 180 valence electrons. The fourth-order valence-electron chi connectivity index (χ4n) is 4.23. The van der Waals surface area contributed by atoms with E-state index in [0.29, 0.717) is 12.5 Å². The molecule has 0 amide bonds. The molecule has 3 aromatic carbocycles. The minimum Gasteiger partial charge on any atom is -0.481 e. The van der Waals surface area contributed by atoms with Crippen LogP contribution in [0.15, 0.2) is 78.9 Å². The number of rotatable bonds is 8. The van der Waals surface area contributed by atoms with Gasteiger partial charge in [0, 0.05) is 30.8 Å². The first-order valence-electron chi connectivity index (χ1n) is 12.0.